The quantitative estimate of drug-likeness (QED) is 0.358. The van der Waals surface area contributed by atoms with Crippen molar-refractivity contribution in [3.05, 3.63) is 41.2 Å². The van der Waals surface area contributed by atoms with Gasteiger partial charge >= 0.3 is 5.97 Å². The van der Waals surface area contributed by atoms with Crippen LogP contribution in [0.4, 0.5) is 10.1 Å². The SMILES string of the molecule is CC(=O)O[C@H]1CC[C@@]2(C)C(CC[C@@]3(C)C4CCC5(C(=O)Nc6ccc(F)cc6)CC(=O)C(C(C)C)=C5C4CCC32)C1(C)C. The third-order valence-corrected chi connectivity index (χ3v) is 13.4. The highest BCUT2D eigenvalue weighted by molar-refractivity contribution is 6.09. The molecule has 5 aliphatic carbocycles. The maximum absolute atomic E-state index is 14.2. The molecule has 6 heteroatoms. The van der Waals surface area contributed by atoms with Gasteiger partial charge in [0.05, 0.1) is 5.41 Å². The summed E-state index contributed by atoms with van der Waals surface area (Å²) in [5.41, 5.74) is 1.99. The number of ether oxygens (including phenoxy) is 1. The zero-order valence-electron chi connectivity index (χ0n) is 27.1. The van der Waals surface area contributed by atoms with E-state index >= 15 is 0 Å². The smallest absolute Gasteiger partial charge is 0.302 e. The molecule has 1 aromatic carbocycles. The molecule has 0 spiro atoms. The summed E-state index contributed by atoms with van der Waals surface area (Å²) in [5, 5.41) is 3.08. The average Bonchev–Trinajstić information content (AvgIpc) is 3.25. The molecule has 4 saturated carbocycles. The molecular formula is C37H50FNO4. The van der Waals surface area contributed by atoms with Crippen molar-refractivity contribution in [2.45, 2.75) is 112 Å². The number of ketones is 1. The van der Waals surface area contributed by atoms with Crippen LogP contribution in [-0.2, 0) is 19.1 Å². The summed E-state index contributed by atoms with van der Waals surface area (Å²) in [6.07, 6.45) is 8.15. The summed E-state index contributed by atoms with van der Waals surface area (Å²) in [4.78, 5) is 39.9. The standard InChI is InChI=1S/C37H50FNO4/c1-21(2)31-27(41)20-37(33(42)39-24-10-8-23(38)9-11-24)19-14-26-25(32(31)37)12-13-29-35(26,6)17-15-28-34(4,5)30(43-22(3)40)16-18-36(28,29)7/h8-11,21,25-26,28-30H,12-20H2,1-7H3,(H,39,42)/t25?,26?,28?,29?,30-,35-,36-,37?/m0/s1. The summed E-state index contributed by atoms with van der Waals surface area (Å²) in [7, 11) is 0. The van der Waals surface area contributed by atoms with E-state index in [0.29, 0.717) is 29.9 Å². The predicted octanol–water partition coefficient (Wildman–Crippen LogP) is 8.29. The molecule has 0 radical (unpaired) electrons. The largest absolute Gasteiger partial charge is 0.462 e. The molecule has 1 amide bonds. The summed E-state index contributed by atoms with van der Waals surface area (Å²) < 4.78 is 19.5. The van der Waals surface area contributed by atoms with Gasteiger partial charge in [-0.05, 0) is 127 Å². The minimum absolute atomic E-state index is 0.0399. The third kappa shape index (κ3) is 4.47. The first-order valence-electron chi connectivity index (χ1n) is 16.7. The molecule has 6 rings (SSSR count). The van der Waals surface area contributed by atoms with Gasteiger partial charge in [0.25, 0.3) is 0 Å². The lowest BCUT2D eigenvalue weighted by atomic mass is 9.36. The first-order valence-corrected chi connectivity index (χ1v) is 16.7. The molecule has 5 aliphatic rings. The summed E-state index contributed by atoms with van der Waals surface area (Å²) in [5.74, 6) is 1.26. The second kappa shape index (κ2) is 10.3. The molecule has 5 nitrogen and oxygen atoms in total. The highest BCUT2D eigenvalue weighted by atomic mass is 19.1. The van der Waals surface area contributed by atoms with Crippen molar-refractivity contribution in [1.29, 1.82) is 0 Å². The van der Waals surface area contributed by atoms with Gasteiger partial charge in [-0.25, -0.2) is 4.39 Å². The number of hydrogen-bond acceptors (Lipinski definition) is 4. The average molecular weight is 592 g/mol. The van der Waals surface area contributed by atoms with E-state index in [-0.39, 0.29) is 64.1 Å². The second-order valence-corrected chi connectivity index (χ2v) is 16.1. The topological polar surface area (TPSA) is 72.5 Å². The Morgan fingerprint density at radius 3 is 2.23 bits per heavy atom. The Bertz CT molecular complexity index is 1360. The molecule has 0 aliphatic heterocycles. The molecule has 234 valence electrons. The van der Waals surface area contributed by atoms with Crippen LogP contribution >= 0.6 is 0 Å². The van der Waals surface area contributed by atoms with Crippen molar-refractivity contribution < 1.29 is 23.5 Å². The molecule has 0 saturated heterocycles. The number of allylic oxidation sites excluding steroid dienone is 1. The van der Waals surface area contributed by atoms with Crippen molar-refractivity contribution in [3.8, 4) is 0 Å². The van der Waals surface area contributed by atoms with E-state index in [1.165, 1.54) is 19.1 Å². The van der Waals surface area contributed by atoms with Gasteiger partial charge in [-0.15, -0.1) is 0 Å². The first kappa shape index (κ1) is 30.5. The van der Waals surface area contributed by atoms with Crippen LogP contribution in [0.15, 0.2) is 35.4 Å². The van der Waals surface area contributed by atoms with Crippen LogP contribution in [0, 0.1) is 57.1 Å². The highest BCUT2D eigenvalue weighted by Crippen LogP contribution is 2.73. The first-order chi connectivity index (χ1) is 20.1. The van der Waals surface area contributed by atoms with Crippen LogP contribution < -0.4 is 5.32 Å². The van der Waals surface area contributed by atoms with E-state index in [9.17, 15) is 18.8 Å². The zero-order valence-corrected chi connectivity index (χ0v) is 27.1. The molecule has 1 N–H and O–H groups in total. The fourth-order valence-corrected chi connectivity index (χ4v) is 11.7. The number of carbonyl (C=O) groups excluding carboxylic acids is 3. The van der Waals surface area contributed by atoms with Crippen LogP contribution in [0.3, 0.4) is 0 Å². The number of Topliss-reactive ketones (excluding diaryl/α,β-unsaturated/α-hetero) is 1. The maximum atomic E-state index is 14.2. The Labute approximate surface area is 256 Å². The Morgan fingerprint density at radius 2 is 1.58 bits per heavy atom. The Balaban J connectivity index is 1.35. The number of esters is 1. The van der Waals surface area contributed by atoms with Crippen molar-refractivity contribution in [1.82, 2.24) is 0 Å². The normalized spacial score (nSPS) is 39.8. The minimum Gasteiger partial charge on any atom is -0.462 e. The van der Waals surface area contributed by atoms with Gasteiger partial charge in [0.2, 0.25) is 5.91 Å². The lowest BCUT2D eigenvalue weighted by Gasteiger charge is -2.68. The van der Waals surface area contributed by atoms with Crippen LogP contribution in [0.5, 0.6) is 0 Å². The number of nitrogens with one attached hydrogen (secondary N) is 1. The molecule has 8 atom stereocenters. The number of halogens is 1. The van der Waals surface area contributed by atoms with E-state index in [1.54, 1.807) is 12.1 Å². The number of carbonyl (C=O) groups is 3. The lowest BCUT2D eigenvalue weighted by Crippen LogP contribution is -2.63. The Hall–Kier alpha value is -2.50. The van der Waals surface area contributed by atoms with Gasteiger partial charge in [0.1, 0.15) is 11.9 Å². The number of fused-ring (bicyclic) bond motifs is 7. The van der Waals surface area contributed by atoms with Crippen LogP contribution in [0.25, 0.3) is 0 Å². The summed E-state index contributed by atoms with van der Waals surface area (Å²) >= 11 is 0. The van der Waals surface area contributed by atoms with Crippen molar-refractivity contribution in [2.24, 2.45) is 51.2 Å². The molecule has 0 bridgehead atoms. The molecule has 0 aromatic heterocycles. The highest BCUT2D eigenvalue weighted by Gasteiger charge is 2.67. The van der Waals surface area contributed by atoms with E-state index in [4.69, 9.17) is 4.74 Å². The van der Waals surface area contributed by atoms with Gasteiger partial charge in [0.15, 0.2) is 5.78 Å². The number of hydrogen-bond donors (Lipinski definition) is 1. The monoisotopic (exact) mass is 591 g/mol. The fourth-order valence-electron chi connectivity index (χ4n) is 11.7. The number of amides is 1. The van der Waals surface area contributed by atoms with E-state index < -0.39 is 5.41 Å². The zero-order chi connectivity index (χ0) is 31.1. The van der Waals surface area contributed by atoms with Crippen LogP contribution in [-0.4, -0.2) is 23.8 Å². The molecule has 1 aromatic rings. The van der Waals surface area contributed by atoms with Gasteiger partial charge < -0.3 is 10.1 Å². The molecular weight excluding hydrogens is 541 g/mol. The van der Waals surface area contributed by atoms with E-state index in [2.05, 4.69) is 46.9 Å². The molecule has 5 unspecified atom stereocenters. The van der Waals surface area contributed by atoms with Gasteiger partial charge in [-0.1, -0.05) is 41.5 Å². The van der Waals surface area contributed by atoms with Crippen molar-refractivity contribution in [2.75, 3.05) is 5.32 Å². The maximum Gasteiger partial charge on any atom is 0.302 e. The number of anilines is 1. The minimum atomic E-state index is -0.819. The molecule has 0 heterocycles. The predicted molar refractivity (Wildman–Crippen MR) is 165 cm³/mol. The van der Waals surface area contributed by atoms with Gasteiger partial charge in [0, 0.05) is 24.4 Å². The summed E-state index contributed by atoms with van der Waals surface area (Å²) in [6, 6.07) is 5.92. The third-order valence-electron chi connectivity index (χ3n) is 13.4. The molecule has 43 heavy (non-hydrogen) atoms. The van der Waals surface area contributed by atoms with Gasteiger partial charge in [-0.2, -0.15) is 0 Å². The number of rotatable bonds is 4. The second-order valence-electron chi connectivity index (χ2n) is 16.1. The van der Waals surface area contributed by atoms with Crippen LogP contribution in [0.2, 0.25) is 0 Å². The summed E-state index contributed by atoms with van der Waals surface area (Å²) in [6.45, 7) is 15.4. The van der Waals surface area contributed by atoms with E-state index in [1.807, 2.05) is 0 Å². The molecule has 4 fully saturated rings. The van der Waals surface area contributed by atoms with Crippen molar-refractivity contribution >= 4 is 23.3 Å². The van der Waals surface area contributed by atoms with Crippen molar-refractivity contribution in [3.63, 3.8) is 0 Å². The van der Waals surface area contributed by atoms with Gasteiger partial charge in [-0.3, -0.25) is 14.4 Å². The number of benzene rings is 1. The Morgan fingerprint density at radius 1 is 0.907 bits per heavy atom. The lowest BCUT2D eigenvalue weighted by molar-refractivity contribution is -0.212. The fraction of sp³-hybridized carbons (Fsp3) is 0.703. The Kier molecular flexibility index (Phi) is 7.29. The van der Waals surface area contributed by atoms with Crippen LogP contribution in [0.1, 0.15) is 106 Å². The van der Waals surface area contributed by atoms with E-state index in [0.717, 1.165) is 56.1 Å².